The highest BCUT2D eigenvalue weighted by atomic mass is 35.5. The van der Waals surface area contributed by atoms with Gasteiger partial charge in [0.2, 0.25) is 5.91 Å². The van der Waals surface area contributed by atoms with E-state index in [0.717, 1.165) is 35.7 Å². The largest absolute Gasteiger partial charge is 0.493 e. The average molecular weight is 481 g/mol. The number of rotatable bonds is 10. The molecule has 1 heterocycles. The summed E-state index contributed by atoms with van der Waals surface area (Å²) in [5, 5.41) is 12.1. The monoisotopic (exact) mass is 480 g/mol. The molecule has 0 fully saturated rings. The molecule has 32 heavy (non-hydrogen) atoms. The van der Waals surface area contributed by atoms with Crippen molar-refractivity contribution in [3.63, 3.8) is 0 Å². The van der Waals surface area contributed by atoms with Crippen molar-refractivity contribution in [2.24, 2.45) is 0 Å². The van der Waals surface area contributed by atoms with Gasteiger partial charge in [0.25, 0.3) is 0 Å². The third-order valence-corrected chi connectivity index (χ3v) is 5.79. The predicted octanol–water partition coefficient (Wildman–Crippen LogP) is 5.28. The third-order valence-electron chi connectivity index (χ3n) is 4.59. The van der Waals surface area contributed by atoms with Crippen molar-refractivity contribution in [2.75, 3.05) is 17.7 Å². The Balaban J connectivity index is 1.50. The van der Waals surface area contributed by atoms with Gasteiger partial charge in [-0.05, 0) is 56.2 Å². The summed E-state index contributed by atoms with van der Waals surface area (Å²) in [6, 6.07) is 8.50. The summed E-state index contributed by atoms with van der Waals surface area (Å²) in [6.07, 6.45) is 1.41. The Kier molecular flexibility index (Phi) is 8.46. The van der Waals surface area contributed by atoms with E-state index in [9.17, 15) is 13.6 Å². The molecule has 0 aliphatic carbocycles. The Morgan fingerprint density at radius 2 is 2.03 bits per heavy atom. The number of nitrogens with one attached hydrogen (secondary N) is 1. The summed E-state index contributed by atoms with van der Waals surface area (Å²) in [4.78, 5) is 12.1. The number of halogens is 3. The number of carbonyl (C=O) groups is 1. The molecule has 3 rings (SSSR count). The maximum atomic E-state index is 13.7. The van der Waals surface area contributed by atoms with Crippen molar-refractivity contribution in [3.8, 4) is 5.75 Å². The zero-order valence-electron chi connectivity index (χ0n) is 17.7. The van der Waals surface area contributed by atoms with Gasteiger partial charge in [0.15, 0.2) is 5.16 Å². The Bertz CT molecular complexity index is 1090. The van der Waals surface area contributed by atoms with Gasteiger partial charge in [-0.1, -0.05) is 23.4 Å². The lowest BCUT2D eigenvalue weighted by Crippen LogP contribution is -2.16. The van der Waals surface area contributed by atoms with Crippen LogP contribution in [0.2, 0.25) is 5.02 Å². The van der Waals surface area contributed by atoms with Gasteiger partial charge >= 0.3 is 0 Å². The van der Waals surface area contributed by atoms with Crippen molar-refractivity contribution < 1.29 is 18.3 Å². The van der Waals surface area contributed by atoms with E-state index in [1.165, 1.54) is 17.8 Å². The lowest BCUT2D eigenvalue weighted by molar-refractivity contribution is -0.113. The van der Waals surface area contributed by atoms with Crippen LogP contribution in [0.1, 0.15) is 24.7 Å². The number of ether oxygens (including phenoxy) is 1. The zero-order valence-corrected chi connectivity index (χ0v) is 19.3. The maximum absolute atomic E-state index is 13.7. The highest BCUT2D eigenvalue weighted by molar-refractivity contribution is 7.99. The Morgan fingerprint density at radius 3 is 2.75 bits per heavy atom. The van der Waals surface area contributed by atoms with Crippen LogP contribution in [0.25, 0.3) is 0 Å². The molecule has 0 aliphatic rings. The van der Waals surface area contributed by atoms with E-state index in [2.05, 4.69) is 15.5 Å². The summed E-state index contributed by atoms with van der Waals surface area (Å²) < 4.78 is 34.4. The first kappa shape index (κ1) is 24.0. The molecule has 3 aromatic rings. The van der Waals surface area contributed by atoms with Crippen LogP contribution in [0.3, 0.4) is 0 Å². The summed E-state index contributed by atoms with van der Waals surface area (Å²) in [7, 11) is 0. The van der Waals surface area contributed by atoms with E-state index >= 15 is 0 Å². The van der Waals surface area contributed by atoms with E-state index < -0.39 is 17.5 Å². The molecule has 0 bridgehead atoms. The molecule has 2 aromatic carbocycles. The topological polar surface area (TPSA) is 69.0 Å². The molecule has 0 unspecified atom stereocenters. The smallest absolute Gasteiger partial charge is 0.234 e. The van der Waals surface area contributed by atoms with E-state index in [-0.39, 0.29) is 11.4 Å². The minimum absolute atomic E-state index is 0.0217. The fraction of sp³-hybridized carbons (Fsp3) is 0.318. The number of nitrogens with zero attached hydrogens (tertiary/aromatic N) is 3. The van der Waals surface area contributed by atoms with Crippen molar-refractivity contribution in [2.45, 2.75) is 38.4 Å². The maximum Gasteiger partial charge on any atom is 0.234 e. The fourth-order valence-electron chi connectivity index (χ4n) is 3.02. The molecule has 0 aliphatic heterocycles. The quantitative estimate of drug-likeness (QED) is 0.316. The minimum Gasteiger partial charge on any atom is -0.493 e. The molecular weight excluding hydrogens is 458 g/mol. The molecule has 0 atom stereocenters. The molecule has 1 amide bonds. The first-order chi connectivity index (χ1) is 15.4. The first-order valence-electron chi connectivity index (χ1n) is 10.1. The Morgan fingerprint density at radius 1 is 1.22 bits per heavy atom. The predicted molar refractivity (Wildman–Crippen MR) is 121 cm³/mol. The van der Waals surface area contributed by atoms with Gasteiger partial charge in [-0.15, -0.1) is 10.2 Å². The van der Waals surface area contributed by atoms with Crippen LogP contribution < -0.4 is 10.1 Å². The van der Waals surface area contributed by atoms with Crippen LogP contribution in [-0.4, -0.2) is 33.0 Å². The van der Waals surface area contributed by atoms with Gasteiger partial charge < -0.3 is 14.6 Å². The van der Waals surface area contributed by atoms with Gasteiger partial charge in [-0.2, -0.15) is 0 Å². The van der Waals surface area contributed by atoms with E-state index in [1.807, 2.05) is 30.5 Å². The highest BCUT2D eigenvalue weighted by Crippen LogP contribution is 2.23. The van der Waals surface area contributed by atoms with Crippen LogP contribution in [-0.2, 0) is 17.8 Å². The van der Waals surface area contributed by atoms with Crippen LogP contribution >= 0.6 is 23.4 Å². The van der Waals surface area contributed by atoms with Crippen molar-refractivity contribution in [3.05, 3.63) is 64.4 Å². The number of hydrogen-bond acceptors (Lipinski definition) is 5. The number of anilines is 1. The normalized spacial score (nSPS) is 10.9. The molecule has 1 N–H and O–H groups in total. The molecular formula is C22H23ClF2N4O2S. The average Bonchev–Trinajstić information content (AvgIpc) is 3.14. The summed E-state index contributed by atoms with van der Waals surface area (Å²) in [5.74, 6) is -0.318. The first-order valence-corrected chi connectivity index (χ1v) is 11.4. The van der Waals surface area contributed by atoms with Gasteiger partial charge in [0, 0.05) is 24.1 Å². The summed E-state index contributed by atoms with van der Waals surface area (Å²) in [5.41, 5.74) is 0.914. The molecule has 170 valence electrons. The van der Waals surface area contributed by atoms with Crippen LogP contribution in [0, 0.1) is 18.6 Å². The molecule has 1 aromatic heterocycles. The summed E-state index contributed by atoms with van der Waals surface area (Å²) in [6.45, 7) is 5.08. The van der Waals surface area contributed by atoms with Crippen molar-refractivity contribution in [1.29, 1.82) is 0 Å². The van der Waals surface area contributed by atoms with Gasteiger partial charge in [0.1, 0.15) is 23.2 Å². The third kappa shape index (κ3) is 6.43. The zero-order chi connectivity index (χ0) is 23.1. The van der Waals surface area contributed by atoms with Crippen molar-refractivity contribution in [1.82, 2.24) is 14.8 Å². The number of carbonyl (C=O) groups excluding carboxylic acids is 1. The number of benzene rings is 2. The standard InChI is InChI=1S/C22H23ClF2N4O2S/c1-3-29-20(5-4-10-31-19-9-6-15(23)11-14(19)2)27-28-22(29)32-13-21(30)26-18-8-7-16(24)12-17(18)25/h6-9,11-12H,3-5,10,13H2,1-2H3,(H,26,30). The van der Waals surface area contributed by atoms with Gasteiger partial charge in [-0.3, -0.25) is 4.79 Å². The second-order valence-corrected chi connectivity index (χ2v) is 8.34. The van der Waals surface area contributed by atoms with Gasteiger partial charge in [0.05, 0.1) is 18.0 Å². The molecule has 0 saturated carbocycles. The fourth-order valence-corrected chi connectivity index (χ4v) is 4.07. The Hall–Kier alpha value is -2.65. The van der Waals surface area contributed by atoms with Crippen LogP contribution in [0.4, 0.5) is 14.5 Å². The van der Waals surface area contributed by atoms with E-state index in [1.54, 1.807) is 6.07 Å². The Labute approximate surface area is 194 Å². The SMILES string of the molecule is CCn1c(CCCOc2ccc(Cl)cc2C)nnc1SCC(=O)Nc1ccc(F)cc1F. The molecule has 0 saturated heterocycles. The van der Waals surface area contributed by atoms with E-state index in [0.29, 0.717) is 29.8 Å². The van der Waals surface area contributed by atoms with Crippen molar-refractivity contribution >= 4 is 35.0 Å². The molecule has 0 spiro atoms. The minimum atomic E-state index is -0.821. The number of amides is 1. The summed E-state index contributed by atoms with van der Waals surface area (Å²) >= 11 is 7.17. The lowest BCUT2D eigenvalue weighted by Gasteiger charge is -2.10. The lowest BCUT2D eigenvalue weighted by atomic mass is 10.2. The van der Waals surface area contributed by atoms with Crippen LogP contribution in [0.15, 0.2) is 41.6 Å². The van der Waals surface area contributed by atoms with E-state index in [4.69, 9.17) is 16.3 Å². The number of aromatic nitrogens is 3. The second kappa shape index (κ2) is 11.3. The molecule has 6 nitrogen and oxygen atoms in total. The molecule has 0 radical (unpaired) electrons. The van der Waals surface area contributed by atoms with Crippen LogP contribution in [0.5, 0.6) is 5.75 Å². The molecule has 10 heteroatoms. The second-order valence-electron chi connectivity index (χ2n) is 6.97. The highest BCUT2D eigenvalue weighted by Gasteiger charge is 2.14. The number of aryl methyl sites for hydroxylation is 2. The van der Waals surface area contributed by atoms with Gasteiger partial charge in [-0.25, -0.2) is 8.78 Å². The number of thioether (sulfide) groups is 1. The number of hydrogen-bond donors (Lipinski definition) is 1.